The van der Waals surface area contributed by atoms with E-state index in [0.29, 0.717) is 18.7 Å². The van der Waals surface area contributed by atoms with E-state index in [0.717, 1.165) is 11.1 Å². The maximum Gasteiger partial charge on any atom is 0.248 e. The van der Waals surface area contributed by atoms with E-state index in [1.54, 1.807) is 12.1 Å². The number of likely N-dealkylation sites (N-methyl/N-ethyl adjacent to an activating group) is 1. The van der Waals surface area contributed by atoms with Gasteiger partial charge in [-0.15, -0.1) is 0 Å². The zero-order valence-corrected chi connectivity index (χ0v) is 11.6. The van der Waals surface area contributed by atoms with Crippen LogP contribution in [-0.4, -0.2) is 24.4 Å². The first-order valence-electron chi connectivity index (χ1n) is 6.36. The van der Waals surface area contributed by atoms with Gasteiger partial charge in [0.2, 0.25) is 11.8 Å². The maximum atomic E-state index is 11.6. The van der Waals surface area contributed by atoms with E-state index in [2.05, 4.69) is 10.6 Å². The minimum absolute atomic E-state index is 0.0195. The molecular weight excluding hydrogens is 242 g/mol. The smallest absolute Gasteiger partial charge is 0.248 e. The molecule has 4 N–H and O–H groups in total. The molecule has 19 heavy (non-hydrogen) atoms. The molecule has 1 aromatic carbocycles. The number of rotatable bonds is 6. The molecule has 5 nitrogen and oxygen atoms in total. The molecule has 1 rings (SSSR count). The lowest BCUT2D eigenvalue weighted by Gasteiger charge is -2.14. The highest BCUT2D eigenvalue weighted by molar-refractivity contribution is 5.93. The fourth-order valence-electron chi connectivity index (χ4n) is 1.73. The molecule has 0 aromatic heterocycles. The number of aryl methyl sites for hydroxylation is 1. The highest BCUT2D eigenvalue weighted by atomic mass is 16.2. The number of primary amides is 1. The van der Waals surface area contributed by atoms with Gasteiger partial charge in [0, 0.05) is 18.7 Å². The average Bonchev–Trinajstić information content (AvgIpc) is 2.36. The third-order valence-electron chi connectivity index (χ3n) is 2.97. The van der Waals surface area contributed by atoms with Crippen LogP contribution in [0.15, 0.2) is 18.2 Å². The Morgan fingerprint density at radius 2 is 2.05 bits per heavy atom. The Hall–Kier alpha value is -1.88. The number of carbonyl (C=O) groups is 2. The summed E-state index contributed by atoms with van der Waals surface area (Å²) in [7, 11) is 0. The van der Waals surface area contributed by atoms with Crippen LogP contribution < -0.4 is 16.4 Å². The van der Waals surface area contributed by atoms with Crippen molar-refractivity contribution in [3.8, 4) is 0 Å². The third-order valence-corrected chi connectivity index (χ3v) is 2.97. The second-order valence-electron chi connectivity index (χ2n) is 4.50. The monoisotopic (exact) mass is 263 g/mol. The van der Waals surface area contributed by atoms with Crippen molar-refractivity contribution >= 4 is 11.8 Å². The Kier molecular flexibility index (Phi) is 5.51. The predicted octanol–water partition coefficient (Wildman–Crippen LogP) is 0.708. The topological polar surface area (TPSA) is 84.2 Å². The molecule has 0 bridgehead atoms. The number of nitrogens with one attached hydrogen (secondary N) is 2. The van der Waals surface area contributed by atoms with Crippen LogP contribution in [0.5, 0.6) is 0 Å². The summed E-state index contributed by atoms with van der Waals surface area (Å²) >= 11 is 0. The Bertz CT molecular complexity index is 472. The first-order valence-corrected chi connectivity index (χ1v) is 6.36. The fraction of sp³-hybridized carbons (Fsp3) is 0.429. The second-order valence-corrected chi connectivity index (χ2v) is 4.50. The van der Waals surface area contributed by atoms with Crippen LogP contribution in [0.25, 0.3) is 0 Å². The number of benzene rings is 1. The molecule has 1 unspecified atom stereocenters. The summed E-state index contributed by atoms with van der Waals surface area (Å²) in [6, 6.07) is 5.06. The van der Waals surface area contributed by atoms with Crippen molar-refractivity contribution in [1.82, 2.24) is 10.6 Å². The first-order chi connectivity index (χ1) is 8.95. The van der Waals surface area contributed by atoms with Crippen molar-refractivity contribution < 1.29 is 9.59 Å². The van der Waals surface area contributed by atoms with Gasteiger partial charge in [-0.05, 0) is 44.0 Å². The van der Waals surface area contributed by atoms with Gasteiger partial charge in [-0.3, -0.25) is 9.59 Å². The van der Waals surface area contributed by atoms with E-state index in [1.807, 2.05) is 26.8 Å². The second kappa shape index (κ2) is 6.89. The molecule has 1 aromatic rings. The van der Waals surface area contributed by atoms with Gasteiger partial charge in [0.25, 0.3) is 0 Å². The molecule has 0 aliphatic carbocycles. The summed E-state index contributed by atoms with van der Waals surface area (Å²) in [5.41, 5.74) is 7.74. The van der Waals surface area contributed by atoms with Crippen molar-refractivity contribution in [1.29, 1.82) is 0 Å². The highest BCUT2D eigenvalue weighted by Crippen LogP contribution is 2.11. The van der Waals surface area contributed by atoms with Gasteiger partial charge >= 0.3 is 0 Å². The fourth-order valence-corrected chi connectivity index (χ4v) is 1.73. The van der Waals surface area contributed by atoms with Gasteiger partial charge in [0.05, 0.1) is 6.04 Å². The molecule has 0 fully saturated rings. The standard InChI is InChI=1S/C14H21N3O2/c1-4-16-14(19)10(3)17-8-12-6-5-11(13(15)18)7-9(12)2/h5-7,10,17H,4,8H2,1-3H3,(H2,15,18)(H,16,19). The minimum Gasteiger partial charge on any atom is -0.366 e. The SMILES string of the molecule is CCNC(=O)C(C)NCc1ccc(C(N)=O)cc1C. The van der Waals surface area contributed by atoms with Crippen molar-refractivity contribution in [2.45, 2.75) is 33.4 Å². The van der Waals surface area contributed by atoms with E-state index < -0.39 is 5.91 Å². The molecule has 0 spiro atoms. The van der Waals surface area contributed by atoms with Crippen LogP contribution in [0.4, 0.5) is 0 Å². The third kappa shape index (κ3) is 4.37. The first kappa shape index (κ1) is 15.2. The van der Waals surface area contributed by atoms with Crippen LogP contribution in [0.3, 0.4) is 0 Å². The Balaban J connectivity index is 2.63. The van der Waals surface area contributed by atoms with Crippen molar-refractivity contribution in [3.05, 3.63) is 34.9 Å². The van der Waals surface area contributed by atoms with E-state index in [9.17, 15) is 9.59 Å². The molecule has 2 amide bonds. The molecule has 0 aliphatic heterocycles. The Morgan fingerprint density at radius 3 is 2.58 bits per heavy atom. The van der Waals surface area contributed by atoms with Crippen LogP contribution in [0.2, 0.25) is 0 Å². The van der Waals surface area contributed by atoms with Crippen LogP contribution >= 0.6 is 0 Å². The van der Waals surface area contributed by atoms with E-state index in [4.69, 9.17) is 5.73 Å². The molecule has 0 aliphatic rings. The number of amides is 2. The lowest BCUT2D eigenvalue weighted by molar-refractivity contribution is -0.122. The van der Waals surface area contributed by atoms with Gasteiger partial charge in [-0.1, -0.05) is 6.07 Å². The van der Waals surface area contributed by atoms with Gasteiger partial charge in [0.1, 0.15) is 0 Å². The van der Waals surface area contributed by atoms with Gasteiger partial charge in [-0.25, -0.2) is 0 Å². The molecule has 0 saturated heterocycles. The average molecular weight is 263 g/mol. The predicted molar refractivity (Wildman–Crippen MR) is 74.7 cm³/mol. The molecule has 104 valence electrons. The largest absolute Gasteiger partial charge is 0.366 e. The van der Waals surface area contributed by atoms with Crippen molar-refractivity contribution in [2.24, 2.45) is 5.73 Å². The van der Waals surface area contributed by atoms with Gasteiger partial charge < -0.3 is 16.4 Å². The molecule has 0 radical (unpaired) electrons. The molecule has 0 heterocycles. The number of hydrogen-bond acceptors (Lipinski definition) is 3. The maximum absolute atomic E-state index is 11.6. The lowest BCUT2D eigenvalue weighted by Crippen LogP contribution is -2.41. The molecule has 0 saturated carbocycles. The van der Waals surface area contributed by atoms with Gasteiger partial charge in [-0.2, -0.15) is 0 Å². The van der Waals surface area contributed by atoms with Crippen LogP contribution in [0.1, 0.15) is 35.3 Å². The normalized spacial score (nSPS) is 11.9. The summed E-state index contributed by atoms with van der Waals surface area (Å²) in [5, 5.41) is 5.90. The van der Waals surface area contributed by atoms with Crippen molar-refractivity contribution in [3.63, 3.8) is 0 Å². The molecule has 5 heteroatoms. The number of hydrogen-bond donors (Lipinski definition) is 3. The Labute approximate surface area is 113 Å². The van der Waals surface area contributed by atoms with Gasteiger partial charge in [0.15, 0.2) is 0 Å². The number of carbonyl (C=O) groups excluding carboxylic acids is 2. The number of nitrogens with two attached hydrogens (primary N) is 1. The molecular formula is C14H21N3O2. The summed E-state index contributed by atoms with van der Waals surface area (Å²) in [5.74, 6) is -0.452. The van der Waals surface area contributed by atoms with E-state index in [1.165, 1.54) is 0 Å². The van der Waals surface area contributed by atoms with Crippen molar-refractivity contribution in [2.75, 3.05) is 6.54 Å². The lowest BCUT2D eigenvalue weighted by atomic mass is 10.0. The molecule has 1 atom stereocenters. The highest BCUT2D eigenvalue weighted by Gasteiger charge is 2.11. The summed E-state index contributed by atoms with van der Waals surface area (Å²) in [6.45, 7) is 6.82. The summed E-state index contributed by atoms with van der Waals surface area (Å²) in [6.07, 6.45) is 0. The van der Waals surface area contributed by atoms with E-state index in [-0.39, 0.29) is 11.9 Å². The summed E-state index contributed by atoms with van der Waals surface area (Å²) < 4.78 is 0. The summed E-state index contributed by atoms with van der Waals surface area (Å²) in [4.78, 5) is 22.6. The minimum atomic E-state index is -0.432. The quantitative estimate of drug-likeness (QED) is 0.706. The Morgan fingerprint density at radius 1 is 1.37 bits per heavy atom. The van der Waals surface area contributed by atoms with Crippen LogP contribution in [0, 0.1) is 6.92 Å². The van der Waals surface area contributed by atoms with Crippen LogP contribution in [-0.2, 0) is 11.3 Å². The zero-order valence-electron chi connectivity index (χ0n) is 11.6. The zero-order chi connectivity index (χ0) is 14.4. The van der Waals surface area contributed by atoms with E-state index >= 15 is 0 Å².